The number of pyridine rings is 1. The molecule has 0 unspecified atom stereocenters. The zero-order valence-corrected chi connectivity index (χ0v) is 18.1. The van der Waals surface area contributed by atoms with E-state index in [9.17, 15) is 4.79 Å². The van der Waals surface area contributed by atoms with Crippen molar-refractivity contribution < 1.29 is 19.0 Å². The van der Waals surface area contributed by atoms with Crippen LogP contribution in [0.5, 0.6) is 5.75 Å². The van der Waals surface area contributed by atoms with Gasteiger partial charge in [-0.15, -0.1) is 0 Å². The number of halogens is 1. The zero-order chi connectivity index (χ0) is 21.2. The summed E-state index contributed by atoms with van der Waals surface area (Å²) in [5, 5.41) is 0.856. The second kappa shape index (κ2) is 8.54. The van der Waals surface area contributed by atoms with E-state index in [-0.39, 0.29) is 17.4 Å². The SMILES string of the molecule is COC[C@H]1CN(c2nc(Cl)nc3cncc(OC)c23)CCN1C(=O)OC(C)(C)C. The largest absolute Gasteiger partial charge is 0.494 e. The first kappa shape index (κ1) is 21.3. The van der Waals surface area contributed by atoms with Crippen molar-refractivity contribution in [1.29, 1.82) is 0 Å². The maximum Gasteiger partial charge on any atom is 0.410 e. The summed E-state index contributed by atoms with van der Waals surface area (Å²) in [6.07, 6.45) is 2.89. The molecule has 0 radical (unpaired) electrons. The van der Waals surface area contributed by atoms with Crippen molar-refractivity contribution in [2.24, 2.45) is 0 Å². The highest BCUT2D eigenvalue weighted by Gasteiger charge is 2.34. The van der Waals surface area contributed by atoms with Crippen LogP contribution < -0.4 is 9.64 Å². The van der Waals surface area contributed by atoms with Gasteiger partial charge in [0.25, 0.3) is 0 Å². The van der Waals surface area contributed by atoms with Crippen LogP contribution in [0.4, 0.5) is 10.6 Å². The molecule has 3 heterocycles. The fourth-order valence-electron chi connectivity index (χ4n) is 3.34. The highest BCUT2D eigenvalue weighted by molar-refractivity contribution is 6.29. The Bertz CT molecular complexity index is 889. The van der Waals surface area contributed by atoms with E-state index in [4.69, 9.17) is 25.8 Å². The van der Waals surface area contributed by atoms with E-state index in [0.29, 0.717) is 43.3 Å². The lowest BCUT2D eigenvalue weighted by atomic mass is 10.1. The number of piperazine rings is 1. The van der Waals surface area contributed by atoms with Gasteiger partial charge in [-0.2, -0.15) is 4.98 Å². The van der Waals surface area contributed by atoms with E-state index in [0.717, 1.165) is 5.39 Å². The fourth-order valence-corrected chi connectivity index (χ4v) is 3.51. The summed E-state index contributed by atoms with van der Waals surface area (Å²) < 4.78 is 16.4. The van der Waals surface area contributed by atoms with Crippen LogP contribution in [0.3, 0.4) is 0 Å². The van der Waals surface area contributed by atoms with Gasteiger partial charge in [-0.1, -0.05) is 0 Å². The number of carbonyl (C=O) groups excluding carboxylic acids is 1. The summed E-state index contributed by atoms with van der Waals surface area (Å²) in [5.41, 5.74) is 0.0278. The lowest BCUT2D eigenvalue weighted by Gasteiger charge is -2.42. The molecule has 0 aromatic carbocycles. The van der Waals surface area contributed by atoms with Crippen LogP contribution in [-0.4, -0.2) is 78.0 Å². The third-order valence-electron chi connectivity index (χ3n) is 4.51. The summed E-state index contributed by atoms with van der Waals surface area (Å²) in [5.74, 6) is 1.20. The first-order valence-corrected chi connectivity index (χ1v) is 9.70. The molecule has 0 bridgehead atoms. The Morgan fingerprint density at radius 1 is 1.24 bits per heavy atom. The van der Waals surface area contributed by atoms with Crippen LogP contribution in [0.25, 0.3) is 10.9 Å². The number of hydrogen-bond donors (Lipinski definition) is 0. The molecule has 1 aliphatic heterocycles. The molecule has 158 valence electrons. The average molecular weight is 424 g/mol. The van der Waals surface area contributed by atoms with E-state index in [2.05, 4.69) is 19.9 Å². The number of methoxy groups -OCH3 is 2. The Morgan fingerprint density at radius 3 is 2.66 bits per heavy atom. The monoisotopic (exact) mass is 423 g/mol. The number of rotatable bonds is 4. The molecule has 3 rings (SSSR count). The van der Waals surface area contributed by atoms with Gasteiger partial charge < -0.3 is 19.1 Å². The lowest BCUT2D eigenvalue weighted by Crippen LogP contribution is -2.58. The Labute approximate surface area is 174 Å². The molecular formula is C19H26ClN5O4. The molecule has 1 amide bonds. The number of nitrogens with zero attached hydrogens (tertiary/aromatic N) is 5. The Hall–Kier alpha value is -2.39. The van der Waals surface area contributed by atoms with Gasteiger partial charge in [0.05, 0.1) is 43.1 Å². The van der Waals surface area contributed by atoms with Crippen LogP contribution in [0.15, 0.2) is 12.4 Å². The average Bonchev–Trinajstić information content (AvgIpc) is 2.65. The number of hydrogen-bond acceptors (Lipinski definition) is 8. The molecule has 29 heavy (non-hydrogen) atoms. The lowest BCUT2D eigenvalue weighted by molar-refractivity contribution is 0.00340. The third kappa shape index (κ3) is 4.79. The summed E-state index contributed by atoms with van der Waals surface area (Å²) in [6, 6.07) is -0.208. The van der Waals surface area contributed by atoms with Crippen molar-refractivity contribution in [3.05, 3.63) is 17.7 Å². The number of anilines is 1. The van der Waals surface area contributed by atoms with Gasteiger partial charge in [-0.25, -0.2) is 9.78 Å². The second-order valence-corrected chi connectivity index (χ2v) is 8.12. The first-order chi connectivity index (χ1) is 13.7. The number of carbonyl (C=O) groups is 1. The van der Waals surface area contributed by atoms with Crippen LogP contribution >= 0.6 is 11.6 Å². The summed E-state index contributed by atoms with van der Waals surface area (Å²) in [7, 11) is 3.18. The van der Waals surface area contributed by atoms with Gasteiger partial charge in [-0.05, 0) is 32.4 Å². The molecule has 2 aromatic heterocycles. The quantitative estimate of drug-likeness (QED) is 0.693. The van der Waals surface area contributed by atoms with E-state index >= 15 is 0 Å². The number of amides is 1. The summed E-state index contributed by atoms with van der Waals surface area (Å²) in [4.78, 5) is 29.3. The predicted molar refractivity (Wildman–Crippen MR) is 110 cm³/mol. The van der Waals surface area contributed by atoms with Gasteiger partial charge >= 0.3 is 6.09 Å². The van der Waals surface area contributed by atoms with E-state index in [1.807, 2.05) is 20.8 Å². The molecule has 1 aliphatic rings. The highest BCUT2D eigenvalue weighted by atomic mass is 35.5. The molecule has 2 aromatic rings. The fraction of sp³-hybridized carbons (Fsp3) is 0.579. The zero-order valence-electron chi connectivity index (χ0n) is 17.3. The van der Waals surface area contributed by atoms with E-state index in [1.54, 1.807) is 31.5 Å². The summed E-state index contributed by atoms with van der Waals surface area (Å²) >= 11 is 6.16. The topological polar surface area (TPSA) is 89.9 Å². The van der Waals surface area contributed by atoms with Crippen molar-refractivity contribution in [2.45, 2.75) is 32.4 Å². The maximum absolute atomic E-state index is 12.7. The van der Waals surface area contributed by atoms with Crippen molar-refractivity contribution in [3.8, 4) is 5.75 Å². The Balaban J connectivity index is 1.93. The molecule has 0 N–H and O–H groups in total. The van der Waals surface area contributed by atoms with Gasteiger partial charge in [0.2, 0.25) is 5.28 Å². The van der Waals surface area contributed by atoms with Crippen molar-refractivity contribution in [2.75, 3.05) is 45.4 Å². The Morgan fingerprint density at radius 2 is 2.00 bits per heavy atom. The number of aromatic nitrogens is 3. The summed E-state index contributed by atoms with van der Waals surface area (Å²) in [6.45, 7) is 7.42. The molecule has 0 spiro atoms. The number of fused-ring (bicyclic) bond motifs is 1. The van der Waals surface area contributed by atoms with Crippen LogP contribution in [0.1, 0.15) is 20.8 Å². The minimum Gasteiger partial charge on any atom is -0.494 e. The van der Waals surface area contributed by atoms with Gasteiger partial charge in [0.15, 0.2) is 0 Å². The van der Waals surface area contributed by atoms with Gasteiger partial charge in [0.1, 0.15) is 17.2 Å². The third-order valence-corrected chi connectivity index (χ3v) is 4.68. The molecular weight excluding hydrogens is 398 g/mol. The van der Waals surface area contributed by atoms with Crippen LogP contribution in [0.2, 0.25) is 5.28 Å². The number of ether oxygens (including phenoxy) is 3. The molecule has 10 heteroatoms. The van der Waals surface area contributed by atoms with Crippen molar-refractivity contribution in [1.82, 2.24) is 19.9 Å². The standard InChI is InChI=1S/C19H26ClN5O4/c1-19(2,3)29-18(26)25-7-6-24(10-12(25)11-27-4)16-15-13(22-17(20)23-16)8-21-9-14(15)28-5/h8-9,12H,6-7,10-11H2,1-5H3/t12-/m1/s1. The highest BCUT2D eigenvalue weighted by Crippen LogP contribution is 2.33. The first-order valence-electron chi connectivity index (χ1n) is 9.32. The van der Waals surface area contributed by atoms with Gasteiger partial charge in [-0.3, -0.25) is 9.88 Å². The minimum absolute atomic E-state index is 0.125. The molecule has 9 nitrogen and oxygen atoms in total. The van der Waals surface area contributed by atoms with Crippen LogP contribution in [-0.2, 0) is 9.47 Å². The molecule has 1 saturated heterocycles. The normalized spacial score (nSPS) is 17.5. The Kier molecular flexibility index (Phi) is 6.28. The smallest absolute Gasteiger partial charge is 0.410 e. The predicted octanol–water partition coefficient (Wildman–Crippen LogP) is 2.76. The molecule has 1 fully saturated rings. The second-order valence-electron chi connectivity index (χ2n) is 7.78. The van der Waals surface area contributed by atoms with Crippen LogP contribution in [0, 0.1) is 0 Å². The van der Waals surface area contributed by atoms with E-state index in [1.165, 1.54) is 0 Å². The molecule has 0 saturated carbocycles. The maximum atomic E-state index is 12.7. The molecule has 1 atom stereocenters. The van der Waals surface area contributed by atoms with Gasteiger partial charge in [0, 0.05) is 26.7 Å². The van der Waals surface area contributed by atoms with Crippen molar-refractivity contribution in [3.63, 3.8) is 0 Å². The minimum atomic E-state index is -0.567. The molecule has 0 aliphatic carbocycles. The van der Waals surface area contributed by atoms with Crippen molar-refractivity contribution >= 4 is 34.4 Å². The van der Waals surface area contributed by atoms with E-state index < -0.39 is 5.60 Å².